The summed E-state index contributed by atoms with van der Waals surface area (Å²) < 4.78 is 35.9. The fraction of sp³-hybridized carbons (Fsp3) is 0.500. The average Bonchev–Trinajstić information content (AvgIpc) is 2.14. The minimum absolute atomic E-state index is 0.0164. The molecule has 0 bridgehead atoms. The average molecular weight is 231 g/mol. The van der Waals surface area contributed by atoms with Gasteiger partial charge in [0.15, 0.2) is 0 Å². The molecule has 90 valence electrons. The zero-order chi connectivity index (χ0) is 12.2. The third kappa shape index (κ3) is 5.16. The Hall–Kier alpha value is -1.03. The second-order valence-corrected chi connectivity index (χ2v) is 4.11. The van der Waals surface area contributed by atoms with Crippen molar-refractivity contribution in [2.24, 2.45) is 5.73 Å². The van der Waals surface area contributed by atoms with Gasteiger partial charge in [-0.25, -0.2) is 0 Å². The molecule has 0 aliphatic heterocycles. The number of alkyl halides is 3. The second kappa shape index (κ2) is 5.34. The largest absolute Gasteiger partial charge is 0.389 e. The number of halogens is 3. The minimum Gasteiger partial charge on any atom is -0.327 e. The van der Waals surface area contributed by atoms with Crippen LogP contribution in [0.1, 0.15) is 24.0 Å². The van der Waals surface area contributed by atoms with Crippen molar-refractivity contribution in [3.05, 3.63) is 35.4 Å². The van der Waals surface area contributed by atoms with Crippen LogP contribution in [0.5, 0.6) is 0 Å². The lowest BCUT2D eigenvalue weighted by molar-refractivity contribution is -0.136. The molecule has 0 spiro atoms. The Kier molecular flexibility index (Phi) is 4.35. The van der Waals surface area contributed by atoms with Crippen LogP contribution >= 0.6 is 0 Å². The standard InChI is InChI=1S/C12H16F3N/c1-9-3-2-4-10(7-9)8-11(16)5-6-12(13,14)15/h2-4,7,11H,5-6,8,16H2,1H3. The summed E-state index contributed by atoms with van der Waals surface area (Å²) in [7, 11) is 0. The van der Waals surface area contributed by atoms with E-state index in [4.69, 9.17) is 5.73 Å². The van der Waals surface area contributed by atoms with Crippen molar-refractivity contribution in [3.8, 4) is 0 Å². The van der Waals surface area contributed by atoms with Gasteiger partial charge < -0.3 is 5.73 Å². The summed E-state index contributed by atoms with van der Waals surface area (Å²) in [5.41, 5.74) is 7.76. The van der Waals surface area contributed by atoms with Crippen molar-refractivity contribution >= 4 is 0 Å². The van der Waals surface area contributed by atoms with Crippen molar-refractivity contribution in [1.29, 1.82) is 0 Å². The highest BCUT2D eigenvalue weighted by Gasteiger charge is 2.27. The summed E-state index contributed by atoms with van der Waals surface area (Å²) in [6.07, 6.45) is -4.43. The van der Waals surface area contributed by atoms with Crippen molar-refractivity contribution in [1.82, 2.24) is 0 Å². The molecule has 0 heterocycles. The van der Waals surface area contributed by atoms with Gasteiger partial charge in [-0.05, 0) is 25.3 Å². The Morgan fingerprint density at radius 1 is 1.31 bits per heavy atom. The Bertz CT molecular complexity index is 333. The SMILES string of the molecule is Cc1cccc(CC(N)CCC(F)(F)F)c1. The lowest BCUT2D eigenvalue weighted by Gasteiger charge is -2.13. The van der Waals surface area contributed by atoms with E-state index in [0.717, 1.165) is 11.1 Å². The monoisotopic (exact) mass is 231 g/mol. The molecule has 2 N–H and O–H groups in total. The maximum absolute atomic E-state index is 12.0. The van der Waals surface area contributed by atoms with Crippen LogP contribution in [-0.2, 0) is 6.42 Å². The molecule has 1 atom stereocenters. The summed E-state index contributed by atoms with van der Waals surface area (Å²) in [4.78, 5) is 0. The van der Waals surface area contributed by atoms with E-state index in [1.165, 1.54) is 0 Å². The van der Waals surface area contributed by atoms with E-state index in [1.54, 1.807) is 0 Å². The van der Waals surface area contributed by atoms with E-state index in [1.807, 2.05) is 31.2 Å². The summed E-state index contributed by atoms with van der Waals surface area (Å²) in [6, 6.07) is 7.25. The topological polar surface area (TPSA) is 26.0 Å². The first-order chi connectivity index (χ1) is 7.37. The molecule has 0 radical (unpaired) electrons. The van der Waals surface area contributed by atoms with Crippen LogP contribution in [0.3, 0.4) is 0 Å². The van der Waals surface area contributed by atoms with Crippen molar-refractivity contribution in [2.45, 2.75) is 38.4 Å². The Labute approximate surface area is 93.5 Å². The zero-order valence-corrected chi connectivity index (χ0v) is 9.22. The normalized spacial score (nSPS) is 13.8. The third-order valence-corrected chi connectivity index (χ3v) is 2.38. The maximum Gasteiger partial charge on any atom is 0.389 e. The van der Waals surface area contributed by atoms with Crippen LogP contribution in [0.25, 0.3) is 0 Å². The highest BCUT2D eigenvalue weighted by Crippen LogP contribution is 2.22. The molecule has 1 aromatic carbocycles. The molecule has 0 saturated carbocycles. The quantitative estimate of drug-likeness (QED) is 0.846. The van der Waals surface area contributed by atoms with Crippen LogP contribution in [0.2, 0.25) is 0 Å². The van der Waals surface area contributed by atoms with Crippen molar-refractivity contribution in [3.63, 3.8) is 0 Å². The molecule has 0 aliphatic carbocycles. The van der Waals surface area contributed by atoms with E-state index < -0.39 is 18.6 Å². The number of nitrogens with two attached hydrogens (primary N) is 1. The first-order valence-corrected chi connectivity index (χ1v) is 5.25. The highest BCUT2D eigenvalue weighted by molar-refractivity contribution is 5.22. The molecule has 0 fully saturated rings. The molecule has 0 aromatic heterocycles. The van der Waals surface area contributed by atoms with Gasteiger partial charge in [0.1, 0.15) is 0 Å². The van der Waals surface area contributed by atoms with E-state index in [9.17, 15) is 13.2 Å². The number of hydrogen-bond acceptors (Lipinski definition) is 1. The predicted molar refractivity (Wildman–Crippen MR) is 58.1 cm³/mol. The Balaban J connectivity index is 2.43. The predicted octanol–water partition coefficient (Wildman–Crippen LogP) is 3.21. The fourth-order valence-electron chi connectivity index (χ4n) is 1.59. The maximum atomic E-state index is 12.0. The molecule has 1 aromatic rings. The summed E-state index contributed by atoms with van der Waals surface area (Å²) in [6.45, 7) is 1.95. The van der Waals surface area contributed by atoms with Crippen molar-refractivity contribution < 1.29 is 13.2 Å². The third-order valence-electron chi connectivity index (χ3n) is 2.38. The van der Waals surface area contributed by atoms with Crippen LogP contribution < -0.4 is 5.73 Å². The van der Waals surface area contributed by atoms with Crippen LogP contribution in [0, 0.1) is 6.92 Å². The molecule has 16 heavy (non-hydrogen) atoms. The van der Waals surface area contributed by atoms with Crippen LogP contribution in [0.15, 0.2) is 24.3 Å². The summed E-state index contributed by atoms with van der Waals surface area (Å²) in [5.74, 6) is 0. The minimum atomic E-state index is -4.11. The van der Waals surface area contributed by atoms with Gasteiger partial charge in [-0.1, -0.05) is 29.8 Å². The van der Waals surface area contributed by atoms with Gasteiger partial charge in [-0.3, -0.25) is 0 Å². The first kappa shape index (κ1) is 13.0. The molecule has 1 unspecified atom stereocenters. The fourth-order valence-corrected chi connectivity index (χ4v) is 1.59. The zero-order valence-electron chi connectivity index (χ0n) is 9.22. The Morgan fingerprint density at radius 3 is 2.56 bits per heavy atom. The number of hydrogen-bond donors (Lipinski definition) is 1. The first-order valence-electron chi connectivity index (χ1n) is 5.25. The smallest absolute Gasteiger partial charge is 0.327 e. The lowest BCUT2D eigenvalue weighted by atomic mass is 10.0. The van der Waals surface area contributed by atoms with E-state index in [2.05, 4.69) is 0 Å². The molecular weight excluding hydrogens is 215 g/mol. The van der Waals surface area contributed by atoms with Gasteiger partial charge in [0.05, 0.1) is 0 Å². The van der Waals surface area contributed by atoms with Gasteiger partial charge in [0.25, 0.3) is 0 Å². The molecule has 0 saturated heterocycles. The molecule has 4 heteroatoms. The molecule has 1 rings (SSSR count). The molecule has 0 aliphatic rings. The summed E-state index contributed by atoms with van der Waals surface area (Å²) >= 11 is 0. The summed E-state index contributed by atoms with van der Waals surface area (Å²) in [5, 5.41) is 0. The van der Waals surface area contributed by atoms with Gasteiger partial charge in [0.2, 0.25) is 0 Å². The number of benzene rings is 1. The molecule has 0 amide bonds. The van der Waals surface area contributed by atoms with Crippen LogP contribution in [0.4, 0.5) is 13.2 Å². The molecule has 1 nitrogen and oxygen atoms in total. The van der Waals surface area contributed by atoms with Crippen molar-refractivity contribution in [2.75, 3.05) is 0 Å². The number of aryl methyl sites for hydroxylation is 1. The second-order valence-electron chi connectivity index (χ2n) is 4.11. The molecular formula is C12H16F3N. The Morgan fingerprint density at radius 2 is 2.00 bits per heavy atom. The highest BCUT2D eigenvalue weighted by atomic mass is 19.4. The van der Waals surface area contributed by atoms with E-state index in [-0.39, 0.29) is 6.42 Å². The van der Waals surface area contributed by atoms with Gasteiger partial charge in [-0.2, -0.15) is 13.2 Å². The van der Waals surface area contributed by atoms with Gasteiger partial charge in [0, 0.05) is 12.5 Å². The number of rotatable bonds is 4. The van der Waals surface area contributed by atoms with Gasteiger partial charge >= 0.3 is 6.18 Å². The van der Waals surface area contributed by atoms with E-state index in [0.29, 0.717) is 6.42 Å². The van der Waals surface area contributed by atoms with Gasteiger partial charge in [-0.15, -0.1) is 0 Å². The van der Waals surface area contributed by atoms with E-state index >= 15 is 0 Å². The lowest BCUT2D eigenvalue weighted by Crippen LogP contribution is -2.25. The van der Waals surface area contributed by atoms with Crippen LogP contribution in [-0.4, -0.2) is 12.2 Å².